The Labute approximate surface area is 88.5 Å². The summed E-state index contributed by atoms with van der Waals surface area (Å²) >= 11 is 0. The maximum atomic E-state index is 5.48. The van der Waals surface area contributed by atoms with E-state index in [0.717, 1.165) is 22.7 Å². The molecule has 0 bridgehead atoms. The van der Waals surface area contributed by atoms with Gasteiger partial charge in [0.15, 0.2) is 11.5 Å². The van der Waals surface area contributed by atoms with Crippen molar-refractivity contribution < 1.29 is 9.47 Å². The summed E-state index contributed by atoms with van der Waals surface area (Å²) in [4.78, 5) is 0. The van der Waals surface area contributed by atoms with Crippen LogP contribution in [0.2, 0.25) is 0 Å². The summed E-state index contributed by atoms with van der Waals surface area (Å²) in [7, 11) is 0. The third-order valence-electron chi connectivity index (χ3n) is 2.27. The number of nitrogens with two attached hydrogens (primary N) is 1. The van der Waals surface area contributed by atoms with Gasteiger partial charge in [-0.1, -0.05) is 0 Å². The van der Waals surface area contributed by atoms with Crippen molar-refractivity contribution in [1.29, 1.82) is 0 Å². The van der Waals surface area contributed by atoms with Gasteiger partial charge < -0.3 is 14.8 Å². The Balaban J connectivity index is 2.24. The first-order chi connectivity index (χ1) is 7.31. The number of ether oxygens (including phenoxy) is 2. The summed E-state index contributed by atoms with van der Waals surface area (Å²) < 4.78 is 11.0. The van der Waals surface area contributed by atoms with E-state index in [0.29, 0.717) is 19.9 Å². The summed E-state index contributed by atoms with van der Waals surface area (Å²) in [6.07, 6.45) is 0. The van der Waals surface area contributed by atoms with E-state index in [1.165, 1.54) is 0 Å². The van der Waals surface area contributed by atoms with Gasteiger partial charge in [-0.2, -0.15) is 0 Å². The third kappa shape index (κ3) is 2.14. The number of aryl methyl sites for hydroxylation is 1. The number of rotatable bonds is 3. The van der Waals surface area contributed by atoms with Gasteiger partial charge in [0.25, 0.3) is 0 Å². The van der Waals surface area contributed by atoms with Gasteiger partial charge in [-0.15, -0.1) is 0 Å². The lowest BCUT2D eigenvalue weighted by atomic mass is 10.1. The van der Waals surface area contributed by atoms with Gasteiger partial charge in [-0.3, -0.25) is 5.84 Å². The minimum absolute atomic E-state index is 0.514. The fourth-order valence-electron chi connectivity index (χ4n) is 1.53. The largest absolute Gasteiger partial charge is 0.486 e. The molecule has 4 N–H and O–H groups in total. The van der Waals surface area contributed by atoms with Crippen molar-refractivity contribution in [2.75, 3.05) is 25.2 Å². The van der Waals surface area contributed by atoms with Crippen LogP contribution >= 0.6 is 0 Å². The second-order valence-corrected chi connectivity index (χ2v) is 3.37. The van der Waals surface area contributed by atoms with Crippen molar-refractivity contribution in [1.82, 2.24) is 5.43 Å². The van der Waals surface area contributed by atoms with Crippen molar-refractivity contribution in [3.8, 4) is 11.5 Å². The Hall–Kier alpha value is -1.46. The molecule has 0 radical (unpaired) electrons. The molecule has 0 saturated carbocycles. The van der Waals surface area contributed by atoms with Crippen LogP contribution in [0.3, 0.4) is 0 Å². The Bertz CT molecular complexity index is 355. The molecule has 1 aliphatic heterocycles. The van der Waals surface area contributed by atoms with Crippen LogP contribution in [0.25, 0.3) is 0 Å². The Morgan fingerprint density at radius 2 is 1.93 bits per heavy atom. The van der Waals surface area contributed by atoms with Crippen LogP contribution in [0, 0.1) is 6.92 Å². The predicted molar refractivity (Wildman–Crippen MR) is 58.0 cm³/mol. The van der Waals surface area contributed by atoms with Crippen LogP contribution in [0.4, 0.5) is 5.69 Å². The van der Waals surface area contributed by atoms with Crippen LogP contribution in [0.1, 0.15) is 5.56 Å². The number of nitrogens with one attached hydrogen (secondary N) is 2. The van der Waals surface area contributed by atoms with E-state index in [4.69, 9.17) is 15.3 Å². The van der Waals surface area contributed by atoms with Gasteiger partial charge in [-0.05, 0) is 18.6 Å². The molecule has 0 aromatic heterocycles. The van der Waals surface area contributed by atoms with E-state index in [1.807, 2.05) is 19.1 Å². The number of hydrazine groups is 1. The molecule has 0 aliphatic carbocycles. The van der Waals surface area contributed by atoms with Crippen molar-refractivity contribution in [3.05, 3.63) is 17.7 Å². The normalized spacial score (nSPS) is 13.7. The van der Waals surface area contributed by atoms with Gasteiger partial charge in [0.2, 0.25) is 0 Å². The Morgan fingerprint density at radius 3 is 2.60 bits per heavy atom. The van der Waals surface area contributed by atoms with Crippen LogP contribution < -0.4 is 26.1 Å². The first-order valence-corrected chi connectivity index (χ1v) is 4.89. The fraction of sp³-hybridized carbons (Fsp3) is 0.400. The van der Waals surface area contributed by atoms with Gasteiger partial charge in [0, 0.05) is 11.8 Å². The van der Waals surface area contributed by atoms with E-state index in [2.05, 4.69) is 10.7 Å². The van der Waals surface area contributed by atoms with Gasteiger partial charge >= 0.3 is 0 Å². The van der Waals surface area contributed by atoms with E-state index >= 15 is 0 Å². The maximum absolute atomic E-state index is 5.48. The molecule has 0 unspecified atom stereocenters. The molecule has 0 saturated heterocycles. The zero-order valence-electron chi connectivity index (χ0n) is 8.67. The van der Waals surface area contributed by atoms with Crippen LogP contribution in [0.15, 0.2) is 12.1 Å². The molecule has 2 rings (SSSR count). The highest BCUT2D eigenvalue weighted by atomic mass is 16.6. The summed E-state index contributed by atoms with van der Waals surface area (Å²) in [6, 6.07) is 3.90. The monoisotopic (exact) mass is 209 g/mol. The highest BCUT2D eigenvalue weighted by Crippen LogP contribution is 2.34. The van der Waals surface area contributed by atoms with E-state index in [-0.39, 0.29) is 0 Å². The molecular formula is C10H15N3O2. The van der Waals surface area contributed by atoms with E-state index < -0.39 is 0 Å². The Kier molecular flexibility index (Phi) is 2.94. The minimum atomic E-state index is 0.514. The summed E-state index contributed by atoms with van der Waals surface area (Å²) in [5, 5.41) is 3.14. The fourth-order valence-corrected chi connectivity index (χ4v) is 1.53. The van der Waals surface area contributed by atoms with Gasteiger partial charge in [0.05, 0.1) is 6.67 Å². The summed E-state index contributed by atoms with van der Waals surface area (Å²) in [6.45, 7) is 3.74. The second-order valence-electron chi connectivity index (χ2n) is 3.37. The minimum Gasteiger partial charge on any atom is -0.486 e. The van der Waals surface area contributed by atoms with Crippen LogP contribution in [0.5, 0.6) is 11.5 Å². The zero-order valence-corrected chi connectivity index (χ0v) is 8.67. The average Bonchev–Trinajstić information content (AvgIpc) is 2.26. The molecule has 1 aromatic rings. The van der Waals surface area contributed by atoms with Gasteiger partial charge in [-0.25, -0.2) is 5.43 Å². The molecular weight excluding hydrogens is 194 g/mol. The molecule has 0 atom stereocenters. The number of anilines is 1. The SMILES string of the molecule is Cc1cc2c(cc1NCNN)OCCO2. The quantitative estimate of drug-likeness (QED) is 0.386. The molecule has 0 amide bonds. The molecule has 1 aromatic carbocycles. The van der Waals surface area contributed by atoms with Gasteiger partial charge in [0.1, 0.15) is 13.2 Å². The number of hydrogen-bond acceptors (Lipinski definition) is 5. The third-order valence-corrected chi connectivity index (χ3v) is 2.27. The number of benzene rings is 1. The molecule has 5 heteroatoms. The smallest absolute Gasteiger partial charge is 0.163 e. The molecule has 1 heterocycles. The highest BCUT2D eigenvalue weighted by Gasteiger charge is 2.13. The van der Waals surface area contributed by atoms with E-state index in [1.54, 1.807) is 0 Å². The first-order valence-electron chi connectivity index (χ1n) is 4.89. The lowest BCUT2D eigenvalue weighted by molar-refractivity contribution is 0.171. The van der Waals surface area contributed by atoms with Crippen LogP contribution in [-0.2, 0) is 0 Å². The van der Waals surface area contributed by atoms with Crippen molar-refractivity contribution in [2.24, 2.45) is 5.84 Å². The lowest BCUT2D eigenvalue weighted by Crippen LogP contribution is -2.28. The highest BCUT2D eigenvalue weighted by molar-refractivity contribution is 5.60. The lowest BCUT2D eigenvalue weighted by Gasteiger charge is -2.20. The average molecular weight is 209 g/mol. The van der Waals surface area contributed by atoms with Crippen molar-refractivity contribution >= 4 is 5.69 Å². The first kappa shape index (κ1) is 10.1. The summed E-state index contributed by atoms with van der Waals surface area (Å²) in [5.41, 5.74) is 4.64. The predicted octanol–water partition coefficient (Wildman–Crippen LogP) is 0.599. The number of hydrogen-bond donors (Lipinski definition) is 3. The van der Waals surface area contributed by atoms with E-state index in [9.17, 15) is 0 Å². The molecule has 0 spiro atoms. The van der Waals surface area contributed by atoms with Crippen LogP contribution in [-0.4, -0.2) is 19.9 Å². The molecule has 82 valence electrons. The molecule has 5 nitrogen and oxygen atoms in total. The molecule has 0 fully saturated rings. The number of fused-ring (bicyclic) bond motifs is 1. The molecule has 15 heavy (non-hydrogen) atoms. The standard InChI is InChI=1S/C10H15N3O2/c1-7-4-9-10(15-3-2-14-9)5-8(7)12-6-13-11/h4-5,12-13H,2-3,6,11H2,1H3. The zero-order chi connectivity index (χ0) is 10.7. The molecule has 1 aliphatic rings. The van der Waals surface area contributed by atoms with Crippen molar-refractivity contribution in [3.63, 3.8) is 0 Å². The van der Waals surface area contributed by atoms with Crippen molar-refractivity contribution in [2.45, 2.75) is 6.92 Å². The second kappa shape index (κ2) is 4.37. The topological polar surface area (TPSA) is 68.5 Å². The maximum Gasteiger partial charge on any atom is 0.163 e. The summed E-state index contributed by atoms with van der Waals surface area (Å²) in [5.74, 6) is 6.79. The Morgan fingerprint density at radius 1 is 1.27 bits per heavy atom.